The Morgan fingerprint density at radius 2 is 2.03 bits per heavy atom. The molecule has 1 aliphatic rings. The minimum atomic E-state index is -3.95. The molecule has 0 fully saturated rings. The van der Waals surface area contributed by atoms with Gasteiger partial charge in [0.2, 0.25) is 15.9 Å². The van der Waals surface area contributed by atoms with Crippen molar-refractivity contribution in [3.05, 3.63) is 36.9 Å². The SMILES string of the molecule is COCC(=O)N(C)C[C@@H]1Oc2cc(-c3cncnc3)ccc2S(=O)(=O)N([C@H](C)CO)C[C@@H]1C. The lowest BCUT2D eigenvalue weighted by atomic mass is 10.0. The van der Waals surface area contributed by atoms with Crippen LogP contribution >= 0.6 is 0 Å². The van der Waals surface area contributed by atoms with E-state index in [0.717, 1.165) is 0 Å². The van der Waals surface area contributed by atoms with Gasteiger partial charge in [0.25, 0.3) is 0 Å². The summed E-state index contributed by atoms with van der Waals surface area (Å²) < 4.78 is 39.5. The van der Waals surface area contributed by atoms with Crippen molar-refractivity contribution in [2.75, 3.05) is 40.5 Å². The first-order valence-corrected chi connectivity index (χ1v) is 12.0. The van der Waals surface area contributed by atoms with Crippen molar-refractivity contribution in [2.24, 2.45) is 5.92 Å². The fourth-order valence-corrected chi connectivity index (χ4v) is 5.50. The molecule has 11 heteroatoms. The van der Waals surface area contributed by atoms with Crippen molar-refractivity contribution < 1.29 is 27.8 Å². The first-order chi connectivity index (χ1) is 15.7. The second-order valence-corrected chi connectivity index (χ2v) is 10.1. The summed E-state index contributed by atoms with van der Waals surface area (Å²) in [5, 5.41) is 9.73. The Morgan fingerprint density at radius 1 is 1.33 bits per heavy atom. The number of rotatable bonds is 7. The fraction of sp³-hybridized carbons (Fsp3) is 0.500. The lowest BCUT2D eigenvalue weighted by Gasteiger charge is -2.37. The second-order valence-electron chi connectivity index (χ2n) is 8.24. The number of likely N-dealkylation sites (N-methyl/N-ethyl adjacent to an activating group) is 1. The Balaban J connectivity index is 2.08. The number of hydrogen-bond donors (Lipinski definition) is 1. The third-order valence-electron chi connectivity index (χ3n) is 5.71. The van der Waals surface area contributed by atoms with E-state index in [1.54, 1.807) is 38.5 Å². The van der Waals surface area contributed by atoms with Gasteiger partial charge in [0.1, 0.15) is 29.7 Å². The van der Waals surface area contributed by atoms with Gasteiger partial charge in [-0.05, 0) is 24.6 Å². The van der Waals surface area contributed by atoms with Crippen molar-refractivity contribution in [1.82, 2.24) is 19.2 Å². The summed E-state index contributed by atoms with van der Waals surface area (Å²) in [6.07, 6.45) is 4.17. The van der Waals surface area contributed by atoms with Crippen LogP contribution in [0, 0.1) is 5.92 Å². The highest BCUT2D eigenvalue weighted by atomic mass is 32.2. The second kappa shape index (κ2) is 10.6. The van der Waals surface area contributed by atoms with Gasteiger partial charge < -0.3 is 19.5 Å². The van der Waals surface area contributed by atoms with E-state index in [1.807, 2.05) is 6.92 Å². The maximum Gasteiger partial charge on any atom is 0.248 e. The van der Waals surface area contributed by atoms with Crippen molar-refractivity contribution in [3.63, 3.8) is 0 Å². The largest absolute Gasteiger partial charge is 0.487 e. The number of sulfonamides is 1. The van der Waals surface area contributed by atoms with Gasteiger partial charge in [-0.15, -0.1) is 0 Å². The summed E-state index contributed by atoms with van der Waals surface area (Å²) in [4.78, 5) is 21.8. The molecule has 0 aliphatic carbocycles. The lowest BCUT2D eigenvalue weighted by Crippen LogP contribution is -2.50. The predicted octanol–water partition coefficient (Wildman–Crippen LogP) is 1.02. The third-order valence-corrected chi connectivity index (χ3v) is 7.73. The van der Waals surface area contributed by atoms with Crippen molar-refractivity contribution >= 4 is 15.9 Å². The predicted molar refractivity (Wildman–Crippen MR) is 121 cm³/mol. The molecule has 0 saturated heterocycles. The summed E-state index contributed by atoms with van der Waals surface area (Å²) in [7, 11) is -0.844. The standard InChI is InChI=1S/C22H30N4O6S/c1-15-10-26(16(2)12-27)33(29,30)21-6-5-17(18-8-23-14-24-9-18)7-19(21)32-20(15)11-25(3)22(28)13-31-4/h5-9,14-16,20,27H,10-13H2,1-4H3/t15-,16+,20-/m0/s1. The molecule has 10 nitrogen and oxygen atoms in total. The average molecular weight is 479 g/mol. The number of aliphatic hydroxyl groups is 1. The minimum Gasteiger partial charge on any atom is -0.487 e. The molecule has 0 unspecified atom stereocenters. The molecule has 0 saturated carbocycles. The molecule has 1 N–H and O–H groups in total. The van der Waals surface area contributed by atoms with E-state index in [2.05, 4.69) is 9.97 Å². The quantitative estimate of drug-likeness (QED) is 0.626. The summed E-state index contributed by atoms with van der Waals surface area (Å²) >= 11 is 0. The maximum absolute atomic E-state index is 13.5. The van der Waals surface area contributed by atoms with E-state index < -0.39 is 22.2 Å². The maximum atomic E-state index is 13.5. The molecular formula is C22H30N4O6S. The number of nitrogens with zero attached hydrogens (tertiary/aromatic N) is 4. The van der Waals surface area contributed by atoms with Crippen LogP contribution in [0.1, 0.15) is 13.8 Å². The molecular weight excluding hydrogens is 448 g/mol. The van der Waals surface area contributed by atoms with Crippen LogP contribution in [-0.2, 0) is 19.6 Å². The molecule has 3 rings (SSSR count). The summed E-state index contributed by atoms with van der Waals surface area (Å²) in [5.74, 6) is -0.307. The number of methoxy groups -OCH3 is 1. The highest BCUT2D eigenvalue weighted by Gasteiger charge is 2.38. The van der Waals surface area contributed by atoms with Crippen LogP contribution in [0.15, 0.2) is 41.8 Å². The Morgan fingerprint density at radius 3 is 2.67 bits per heavy atom. The zero-order valence-corrected chi connectivity index (χ0v) is 20.0. The average Bonchev–Trinajstić information content (AvgIpc) is 2.81. The lowest BCUT2D eigenvalue weighted by molar-refractivity contribution is -0.135. The number of benzene rings is 1. The molecule has 33 heavy (non-hydrogen) atoms. The Hall–Kier alpha value is -2.60. The highest BCUT2D eigenvalue weighted by molar-refractivity contribution is 7.89. The zero-order valence-electron chi connectivity index (χ0n) is 19.2. The van der Waals surface area contributed by atoms with Gasteiger partial charge in [0, 0.05) is 50.6 Å². The van der Waals surface area contributed by atoms with Crippen LogP contribution in [0.2, 0.25) is 0 Å². The number of aliphatic hydroxyl groups excluding tert-OH is 1. The van der Waals surface area contributed by atoms with E-state index in [-0.39, 0.29) is 48.8 Å². The molecule has 180 valence electrons. The van der Waals surface area contributed by atoms with E-state index >= 15 is 0 Å². The van der Waals surface area contributed by atoms with Crippen LogP contribution in [0.5, 0.6) is 5.75 Å². The fourth-order valence-electron chi connectivity index (χ4n) is 3.68. The van der Waals surface area contributed by atoms with Crippen molar-refractivity contribution in [3.8, 4) is 16.9 Å². The van der Waals surface area contributed by atoms with Crippen LogP contribution in [0.25, 0.3) is 11.1 Å². The van der Waals surface area contributed by atoms with Gasteiger partial charge in [-0.25, -0.2) is 18.4 Å². The smallest absolute Gasteiger partial charge is 0.248 e. The first kappa shape index (κ1) is 25.0. The molecule has 3 atom stereocenters. The number of amides is 1. The highest BCUT2D eigenvalue weighted by Crippen LogP contribution is 2.36. The van der Waals surface area contributed by atoms with E-state index in [4.69, 9.17) is 9.47 Å². The minimum absolute atomic E-state index is 0.00571. The molecule has 0 bridgehead atoms. The number of carbonyl (C=O) groups is 1. The Kier molecular flexibility index (Phi) is 8.01. The van der Waals surface area contributed by atoms with Gasteiger partial charge in [0.05, 0.1) is 13.2 Å². The summed E-state index contributed by atoms with van der Waals surface area (Å²) in [6.45, 7) is 3.52. The number of aromatic nitrogens is 2. The van der Waals surface area contributed by atoms with E-state index in [9.17, 15) is 18.3 Å². The Bertz CT molecular complexity index is 1070. The molecule has 1 aromatic heterocycles. The van der Waals surface area contributed by atoms with Crippen LogP contribution in [0.3, 0.4) is 0 Å². The molecule has 0 radical (unpaired) electrons. The number of hydrogen-bond acceptors (Lipinski definition) is 8. The zero-order chi connectivity index (χ0) is 24.2. The van der Waals surface area contributed by atoms with Crippen LogP contribution in [0.4, 0.5) is 0 Å². The van der Waals surface area contributed by atoms with Crippen LogP contribution < -0.4 is 4.74 Å². The van der Waals surface area contributed by atoms with E-state index in [0.29, 0.717) is 11.1 Å². The number of ether oxygens (including phenoxy) is 2. The summed E-state index contributed by atoms with van der Waals surface area (Å²) in [5.41, 5.74) is 1.41. The Labute approximate surface area is 194 Å². The summed E-state index contributed by atoms with van der Waals surface area (Å²) in [6, 6.07) is 4.19. The van der Waals surface area contributed by atoms with Gasteiger partial charge >= 0.3 is 0 Å². The van der Waals surface area contributed by atoms with Gasteiger partial charge in [0.15, 0.2) is 0 Å². The van der Waals surface area contributed by atoms with Crippen molar-refractivity contribution in [1.29, 1.82) is 0 Å². The molecule has 0 spiro atoms. The number of fused-ring (bicyclic) bond motifs is 1. The van der Waals surface area contributed by atoms with Gasteiger partial charge in [-0.1, -0.05) is 13.0 Å². The molecule has 1 aromatic carbocycles. The third kappa shape index (κ3) is 5.49. The molecule has 1 amide bonds. The van der Waals surface area contributed by atoms with E-state index in [1.165, 1.54) is 28.7 Å². The van der Waals surface area contributed by atoms with Gasteiger partial charge in [-0.2, -0.15) is 4.31 Å². The van der Waals surface area contributed by atoms with Crippen molar-refractivity contribution in [2.45, 2.75) is 30.9 Å². The monoisotopic (exact) mass is 478 g/mol. The van der Waals surface area contributed by atoms with Gasteiger partial charge in [-0.3, -0.25) is 4.79 Å². The molecule has 2 aromatic rings. The van der Waals surface area contributed by atoms with Crippen LogP contribution in [-0.4, -0.2) is 91.2 Å². The molecule has 2 heterocycles. The number of carbonyl (C=O) groups excluding carboxylic acids is 1. The topological polar surface area (TPSA) is 122 Å². The molecule has 1 aliphatic heterocycles. The normalized spacial score (nSPS) is 21.2. The first-order valence-electron chi connectivity index (χ1n) is 10.6.